The van der Waals surface area contributed by atoms with Crippen molar-refractivity contribution in [1.82, 2.24) is 0 Å². The molecular formula is C11H18Si2. The van der Waals surface area contributed by atoms with Crippen molar-refractivity contribution in [3.63, 3.8) is 0 Å². The Morgan fingerprint density at radius 3 is 1.85 bits per heavy atom. The summed E-state index contributed by atoms with van der Waals surface area (Å²) in [6.45, 7) is 7.65. The topological polar surface area (TPSA) is 0 Å². The van der Waals surface area contributed by atoms with Crippen molar-refractivity contribution in [1.29, 1.82) is 0 Å². The van der Waals surface area contributed by atoms with Gasteiger partial charge in [-0.2, -0.15) is 0 Å². The molecule has 1 aliphatic carbocycles. The van der Waals surface area contributed by atoms with Crippen molar-refractivity contribution in [3.05, 3.63) is 25.3 Å². The fourth-order valence-electron chi connectivity index (χ4n) is 1.93. The Morgan fingerprint density at radius 1 is 1.00 bits per heavy atom. The highest BCUT2D eigenvalue weighted by molar-refractivity contribution is 6.62. The molecule has 1 aliphatic rings. The second-order valence-corrected chi connectivity index (χ2v) is 7.57. The lowest BCUT2D eigenvalue weighted by molar-refractivity contribution is 0.770. The molecule has 0 spiro atoms. The highest BCUT2D eigenvalue weighted by atomic mass is 28.3. The average Bonchev–Trinajstić information content (AvgIpc) is 2.61. The van der Waals surface area contributed by atoms with Gasteiger partial charge >= 0.3 is 0 Å². The van der Waals surface area contributed by atoms with Crippen molar-refractivity contribution in [3.8, 4) is 0 Å². The SMILES string of the molecule is C=CC[Si]C1([Si]CC=C)CCCC1. The lowest BCUT2D eigenvalue weighted by Crippen LogP contribution is -2.23. The Kier molecular flexibility index (Phi) is 4.74. The summed E-state index contributed by atoms with van der Waals surface area (Å²) in [5, 5.41) is 0. The van der Waals surface area contributed by atoms with E-state index in [1.807, 2.05) is 0 Å². The zero-order chi connectivity index (χ0) is 9.57. The fraction of sp³-hybridized carbons (Fsp3) is 0.636. The second-order valence-electron chi connectivity index (χ2n) is 3.63. The van der Waals surface area contributed by atoms with Gasteiger partial charge in [-0.05, 0) is 16.7 Å². The van der Waals surface area contributed by atoms with Crippen LogP contribution in [0.4, 0.5) is 0 Å². The van der Waals surface area contributed by atoms with E-state index in [0.29, 0.717) is 4.66 Å². The molecule has 0 bridgehead atoms. The molecule has 0 aromatic carbocycles. The number of hydrogen-bond donors (Lipinski definition) is 0. The van der Waals surface area contributed by atoms with Gasteiger partial charge in [0, 0.05) is 19.0 Å². The minimum Gasteiger partial charge on any atom is -0.103 e. The first kappa shape index (κ1) is 11.0. The molecule has 0 amide bonds. The van der Waals surface area contributed by atoms with Crippen LogP contribution >= 0.6 is 0 Å². The molecule has 0 aromatic rings. The Labute approximate surface area is 87.2 Å². The Morgan fingerprint density at radius 2 is 1.46 bits per heavy atom. The summed E-state index contributed by atoms with van der Waals surface area (Å²) in [5.41, 5.74) is 0. The maximum Gasteiger partial charge on any atom is 0.0455 e. The van der Waals surface area contributed by atoms with E-state index in [1.54, 1.807) is 0 Å². The predicted molar refractivity (Wildman–Crippen MR) is 62.7 cm³/mol. The smallest absolute Gasteiger partial charge is 0.0455 e. The largest absolute Gasteiger partial charge is 0.103 e. The van der Waals surface area contributed by atoms with E-state index in [0.717, 1.165) is 19.0 Å². The summed E-state index contributed by atoms with van der Waals surface area (Å²) in [7, 11) is 2.23. The number of hydrogen-bond acceptors (Lipinski definition) is 0. The van der Waals surface area contributed by atoms with Gasteiger partial charge in [0.1, 0.15) is 0 Å². The summed E-state index contributed by atoms with van der Waals surface area (Å²) >= 11 is 0. The van der Waals surface area contributed by atoms with Gasteiger partial charge in [0.05, 0.1) is 0 Å². The van der Waals surface area contributed by atoms with Gasteiger partial charge in [0.2, 0.25) is 0 Å². The fourth-order valence-corrected chi connectivity index (χ4v) is 5.53. The summed E-state index contributed by atoms with van der Waals surface area (Å²) in [6, 6.07) is 2.45. The van der Waals surface area contributed by atoms with Crippen molar-refractivity contribution in [2.75, 3.05) is 0 Å². The van der Waals surface area contributed by atoms with Crippen LogP contribution < -0.4 is 0 Å². The normalized spacial score (nSPS) is 20.0. The molecule has 0 aromatic heterocycles. The van der Waals surface area contributed by atoms with Crippen LogP contribution in [-0.2, 0) is 0 Å². The lowest BCUT2D eigenvalue weighted by atomic mass is 10.3. The minimum atomic E-state index is 0.711. The molecular weight excluding hydrogens is 188 g/mol. The standard InChI is InChI=1S/C11H18Si2/c1-3-9-12-11(13-10-4-2)7-5-6-8-11/h3-4H,1-2,5-10H2. The van der Waals surface area contributed by atoms with Crippen molar-refractivity contribution < 1.29 is 0 Å². The van der Waals surface area contributed by atoms with Gasteiger partial charge in [0.25, 0.3) is 0 Å². The molecule has 0 saturated heterocycles. The van der Waals surface area contributed by atoms with E-state index < -0.39 is 0 Å². The van der Waals surface area contributed by atoms with Crippen LogP contribution in [0.2, 0.25) is 16.7 Å². The van der Waals surface area contributed by atoms with Gasteiger partial charge < -0.3 is 0 Å². The molecule has 13 heavy (non-hydrogen) atoms. The first-order valence-corrected chi connectivity index (χ1v) is 7.46. The van der Waals surface area contributed by atoms with Gasteiger partial charge in [-0.1, -0.05) is 37.8 Å². The first-order valence-electron chi connectivity index (χ1n) is 5.05. The van der Waals surface area contributed by atoms with Crippen molar-refractivity contribution >= 4 is 19.0 Å². The summed E-state index contributed by atoms with van der Waals surface area (Å²) in [4.78, 5) is 0. The van der Waals surface area contributed by atoms with Crippen LogP contribution in [0.1, 0.15) is 25.7 Å². The van der Waals surface area contributed by atoms with E-state index in [4.69, 9.17) is 0 Å². The second kappa shape index (κ2) is 5.60. The zero-order valence-corrected chi connectivity index (χ0v) is 10.3. The summed E-state index contributed by atoms with van der Waals surface area (Å²) < 4.78 is 0.711. The first-order chi connectivity index (χ1) is 6.33. The highest BCUT2D eigenvalue weighted by Crippen LogP contribution is 2.44. The predicted octanol–water partition coefficient (Wildman–Crippen LogP) is 3.29. The molecule has 1 saturated carbocycles. The minimum absolute atomic E-state index is 0.711. The Bertz CT molecular complexity index is 155. The van der Waals surface area contributed by atoms with Crippen LogP contribution in [0.3, 0.4) is 0 Å². The summed E-state index contributed by atoms with van der Waals surface area (Å²) in [5.74, 6) is 0. The molecule has 0 aliphatic heterocycles. The Hall–Kier alpha value is -0.0862. The van der Waals surface area contributed by atoms with E-state index in [2.05, 4.69) is 25.3 Å². The molecule has 0 N–H and O–H groups in total. The van der Waals surface area contributed by atoms with Crippen LogP contribution in [0.5, 0.6) is 0 Å². The third kappa shape index (κ3) is 3.27. The quantitative estimate of drug-likeness (QED) is 0.462. The zero-order valence-electron chi connectivity index (χ0n) is 8.31. The molecule has 0 unspecified atom stereocenters. The third-order valence-corrected chi connectivity index (χ3v) is 7.03. The highest BCUT2D eigenvalue weighted by Gasteiger charge is 2.32. The van der Waals surface area contributed by atoms with E-state index in [1.165, 1.54) is 37.8 Å². The van der Waals surface area contributed by atoms with Gasteiger partial charge in [0.15, 0.2) is 0 Å². The van der Waals surface area contributed by atoms with E-state index >= 15 is 0 Å². The van der Waals surface area contributed by atoms with Gasteiger partial charge in [-0.15, -0.1) is 13.2 Å². The van der Waals surface area contributed by atoms with E-state index in [9.17, 15) is 0 Å². The number of allylic oxidation sites excluding steroid dienone is 2. The van der Waals surface area contributed by atoms with Crippen LogP contribution in [0, 0.1) is 0 Å². The molecule has 4 radical (unpaired) electrons. The van der Waals surface area contributed by atoms with Gasteiger partial charge in [-0.3, -0.25) is 0 Å². The molecule has 70 valence electrons. The third-order valence-electron chi connectivity index (χ3n) is 2.63. The maximum atomic E-state index is 3.82. The lowest BCUT2D eigenvalue weighted by Gasteiger charge is -2.26. The van der Waals surface area contributed by atoms with Gasteiger partial charge in [-0.25, -0.2) is 0 Å². The van der Waals surface area contributed by atoms with E-state index in [-0.39, 0.29) is 0 Å². The molecule has 0 nitrogen and oxygen atoms in total. The van der Waals surface area contributed by atoms with Crippen molar-refractivity contribution in [2.45, 2.75) is 42.4 Å². The maximum absolute atomic E-state index is 3.82. The Balaban J connectivity index is 2.41. The van der Waals surface area contributed by atoms with Crippen molar-refractivity contribution in [2.24, 2.45) is 0 Å². The molecule has 1 rings (SSSR count). The monoisotopic (exact) mass is 206 g/mol. The summed E-state index contributed by atoms with van der Waals surface area (Å²) in [6.07, 6.45) is 9.99. The molecule has 0 atom stereocenters. The number of rotatable bonds is 6. The molecule has 0 heterocycles. The molecule has 1 fully saturated rings. The van der Waals surface area contributed by atoms with Crippen LogP contribution in [-0.4, -0.2) is 19.0 Å². The van der Waals surface area contributed by atoms with Crippen LogP contribution in [0.15, 0.2) is 25.3 Å². The average molecular weight is 206 g/mol. The molecule has 2 heteroatoms. The van der Waals surface area contributed by atoms with Crippen LogP contribution in [0.25, 0.3) is 0 Å².